The zero-order valence-electron chi connectivity index (χ0n) is 13.7. The van der Waals surface area contributed by atoms with Crippen molar-refractivity contribution in [3.63, 3.8) is 0 Å². The summed E-state index contributed by atoms with van der Waals surface area (Å²) in [4.78, 5) is 16.1. The number of benzene rings is 1. The van der Waals surface area contributed by atoms with Crippen LogP contribution in [0, 0.1) is 5.82 Å². The molecular formula is C19H22FNO2S. The lowest BCUT2D eigenvalue weighted by atomic mass is 9.95. The zero-order chi connectivity index (χ0) is 17.1. The molecule has 0 spiro atoms. The summed E-state index contributed by atoms with van der Waals surface area (Å²) in [6.45, 7) is 2.82. The Bertz CT molecular complexity index is 715. The number of hydrogen-bond donors (Lipinski definition) is 1. The number of nitrogens with zero attached hydrogens (tertiary/aromatic N) is 1. The zero-order valence-corrected chi connectivity index (χ0v) is 14.6. The number of halogens is 1. The van der Waals surface area contributed by atoms with Crippen molar-refractivity contribution in [2.75, 3.05) is 6.54 Å². The molecule has 0 radical (unpaired) electrons. The standard InChI is InChI=1S/C19H22FNO2S/c1-2-15-9-10-17(24-15)18(13-6-5-7-14(20)12-13)21-11-4-3-8-16(21)19(22)23/h5-7,9-10,12,16,18H,2-4,8,11H2,1H3,(H,22,23). The van der Waals surface area contributed by atoms with E-state index in [1.165, 1.54) is 17.0 Å². The Morgan fingerprint density at radius 2 is 2.21 bits per heavy atom. The molecule has 24 heavy (non-hydrogen) atoms. The van der Waals surface area contributed by atoms with E-state index in [2.05, 4.69) is 19.1 Å². The summed E-state index contributed by atoms with van der Waals surface area (Å²) in [5.41, 5.74) is 0.827. The van der Waals surface area contributed by atoms with Crippen LogP contribution in [0.3, 0.4) is 0 Å². The van der Waals surface area contributed by atoms with E-state index in [-0.39, 0.29) is 11.9 Å². The quantitative estimate of drug-likeness (QED) is 0.867. The van der Waals surface area contributed by atoms with Crippen LogP contribution in [0.4, 0.5) is 4.39 Å². The van der Waals surface area contributed by atoms with Crippen LogP contribution >= 0.6 is 11.3 Å². The van der Waals surface area contributed by atoms with Gasteiger partial charge in [-0.3, -0.25) is 9.69 Å². The number of aliphatic carboxylic acids is 1. The minimum absolute atomic E-state index is 0.201. The number of carboxylic acid groups (broad SMARTS) is 1. The Kier molecular flexibility index (Phi) is 5.31. The molecule has 1 aliphatic heterocycles. The van der Waals surface area contributed by atoms with Crippen molar-refractivity contribution in [3.8, 4) is 0 Å². The van der Waals surface area contributed by atoms with Crippen molar-refractivity contribution >= 4 is 17.3 Å². The Morgan fingerprint density at radius 1 is 1.38 bits per heavy atom. The Labute approximate surface area is 145 Å². The van der Waals surface area contributed by atoms with Gasteiger partial charge in [-0.15, -0.1) is 11.3 Å². The first kappa shape index (κ1) is 17.1. The molecule has 0 saturated carbocycles. The van der Waals surface area contributed by atoms with E-state index in [1.54, 1.807) is 17.4 Å². The van der Waals surface area contributed by atoms with Gasteiger partial charge in [-0.2, -0.15) is 0 Å². The third kappa shape index (κ3) is 3.52. The number of piperidine rings is 1. The molecule has 1 aliphatic rings. The van der Waals surface area contributed by atoms with Crippen molar-refractivity contribution in [1.82, 2.24) is 4.90 Å². The van der Waals surface area contributed by atoms with Crippen molar-refractivity contribution in [3.05, 3.63) is 57.5 Å². The van der Waals surface area contributed by atoms with Crippen LogP contribution in [0.25, 0.3) is 0 Å². The summed E-state index contributed by atoms with van der Waals surface area (Å²) in [5, 5.41) is 9.64. The summed E-state index contributed by atoms with van der Waals surface area (Å²) in [7, 11) is 0. The SMILES string of the molecule is CCc1ccc(C(c2cccc(F)c2)N2CCCCC2C(=O)O)s1. The molecule has 0 amide bonds. The number of carboxylic acids is 1. The maximum absolute atomic E-state index is 13.8. The van der Waals surface area contributed by atoms with E-state index in [9.17, 15) is 14.3 Å². The first-order chi connectivity index (χ1) is 11.6. The van der Waals surface area contributed by atoms with Crippen LogP contribution in [0.15, 0.2) is 36.4 Å². The van der Waals surface area contributed by atoms with Crippen LogP contribution in [-0.2, 0) is 11.2 Å². The maximum atomic E-state index is 13.8. The predicted molar refractivity (Wildman–Crippen MR) is 93.9 cm³/mol. The summed E-state index contributed by atoms with van der Waals surface area (Å²) < 4.78 is 13.8. The van der Waals surface area contributed by atoms with Gasteiger partial charge in [0.15, 0.2) is 0 Å². The third-order valence-electron chi connectivity index (χ3n) is 4.63. The van der Waals surface area contributed by atoms with Crippen molar-refractivity contribution in [1.29, 1.82) is 0 Å². The number of carbonyl (C=O) groups is 1. The average molecular weight is 347 g/mol. The molecule has 5 heteroatoms. The van der Waals surface area contributed by atoms with Crippen molar-refractivity contribution in [2.45, 2.75) is 44.7 Å². The molecule has 2 atom stereocenters. The Morgan fingerprint density at radius 3 is 2.88 bits per heavy atom. The van der Waals surface area contributed by atoms with E-state index in [1.807, 2.05) is 11.0 Å². The van der Waals surface area contributed by atoms with Crippen molar-refractivity contribution < 1.29 is 14.3 Å². The van der Waals surface area contributed by atoms with E-state index < -0.39 is 12.0 Å². The smallest absolute Gasteiger partial charge is 0.320 e. The molecule has 2 heterocycles. The minimum Gasteiger partial charge on any atom is -0.480 e. The van der Waals surface area contributed by atoms with Crippen LogP contribution in [0.5, 0.6) is 0 Å². The van der Waals surface area contributed by atoms with Gasteiger partial charge in [-0.1, -0.05) is 25.5 Å². The first-order valence-corrected chi connectivity index (χ1v) is 9.24. The second-order valence-corrected chi connectivity index (χ2v) is 7.40. The second kappa shape index (κ2) is 7.45. The molecule has 1 aromatic carbocycles. The number of aryl methyl sites for hydroxylation is 1. The molecule has 0 bridgehead atoms. The highest BCUT2D eigenvalue weighted by molar-refractivity contribution is 7.12. The van der Waals surface area contributed by atoms with Crippen LogP contribution in [-0.4, -0.2) is 28.6 Å². The van der Waals surface area contributed by atoms with Gasteiger partial charge in [0.1, 0.15) is 11.9 Å². The molecule has 1 aromatic heterocycles. The topological polar surface area (TPSA) is 40.5 Å². The lowest BCUT2D eigenvalue weighted by molar-refractivity contribution is -0.145. The highest BCUT2D eigenvalue weighted by atomic mass is 32.1. The van der Waals surface area contributed by atoms with Gasteiger partial charge in [-0.05, 0) is 55.6 Å². The molecule has 0 aliphatic carbocycles. The Balaban J connectivity index is 2.05. The van der Waals surface area contributed by atoms with Gasteiger partial charge < -0.3 is 5.11 Å². The van der Waals surface area contributed by atoms with Crippen LogP contribution < -0.4 is 0 Å². The van der Waals surface area contributed by atoms with Gasteiger partial charge in [0.05, 0.1) is 6.04 Å². The molecular weight excluding hydrogens is 325 g/mol. The summed E-state index contributed by atoms with van der Waals surface area (Å²) in [5.74, 6) is -1.07. The van der Waals surface area contributed by atoms with Crippen LogP contribution in [0.2, 0.25) is 0 Å². The molecule has 1 saturated heterocycles. The number of thiophene rings is 1. The van der Waals surface area contributed by atoms with Gasteiger partial charge in [0.2, 0.25) is 0 Å². The molecule has 2 aromatic rings. The molecule has 1 fully saturated rings. The van der Waals surface area contributed by atoms with E-state index >= 15 is 0 Å². The molecule has 1 N–H and O–H groups in total. The van der Waals surface area contributed by atoms with E-state index in [0.717, 1.165) is 36.2 Å². The predicted octanol–water partition coefficient (Wildman–Crippen LogP) is 4.48. The number of likely N-dealkylation sites (tertiary alicyclic amines) is 1. The fraction of sp³-hybridized carbons (Fsp3) is 0.421. The summed E-state index contributed by atoms with van der Waals surface area (Å²) in [6.07, 6.45) is 3.49. The summed E-state index contributed by atoms with van der Waals surface area (Å²) >= 11 is 1.69. The van der Waals surface area contributed by atoms with Gasteiger partial charge >= 0.3 is 5.97 Å². The second-order valence-electron chi connectivity index (χ2n) is 6.20. The van der Waals surface area contributed by atoms with Crippen molar-refractivity contribution in [2.24, 2.45) is 0 Å². The third-order valence-corrected chi connectivity index (χ3v) is 5.91. The lowest BCUT2D eigenvalue weighted by Crippen LogP contribution is -2.46. The highest BCUT2D eigenvalue weighted by Gasteiger charge is 2.35. The molecule has 3 rings (SSSR count). The summed E-state index contributed by atoms with van der Waals surface area (Å²) in [6, 6.07) is 9.99. The largest absolute Gasteiger partial charge is 0.480 e. The molecule has 3 nitrogen and oxygen atoms in total. The Hall–Kier alpha value is -1.72. The monoisotopic (exact) mass is 347 g/mol. The van der Waals surface area contributed by atoms with E-state index in [0.29, 0.717) is 6.42 Å². The van der Waals surface area contributed by atoms with Gasteiger partial charge in [0, 0.05) is 9.75 Å². The fourth-order valence-electron chi connectivity index (χ4n) is 3.46. The van der Waals surface area contributed by atoms with Gasteiger partial charge in [-0.25, -0.2) is 4.39 Å². The lowest BCUT2D eigenvalue weighted by Gasteiger charge is -2.39. The molecule has 2 unspecified atom stereocenters. The molecule has 128 valence electrons. The minimum atomic E-state index is -0.789. The maximum Gasteiger partial charge on any atom is 0.320 e. The number of rotatable bonds is 5. The normalized spacial score (nSPS) is 20.0. The number of hydrogen-bond acceptors (Lipinski definition) is 3. The average Bonchev–Trinajstić information content (AvgIpc) is 3.04. The van der Waals surface area contributed by atoms with E-state index in [4.69, 9.17) is 0 Å². The highest BCUT2D eigenvalue weighted by Crippen LogP contribution is 2.37. The van der Waals surface area contributed by atoms with Gasteiger partial charge in [0.25, 0.3) is 0 Å². The van der Waals surface area contributed by atoms with Crippen LogP contribution in [0.1, 0.15) is 47.5 Å². The fourth-order valence-corrected chi connectivity index (χ4v) is 4.56. The first-order valence-electron chi connectivity index (χ1n) is 8.42.